The smallest absolute Gasteiger partial charge is 0.166 e. The van der Waals surface area contributed by atoms with Gasteiger partial charge in [0.15, 0.2) is 5.78 Å². The Labute approximate surface area is 101 Å². The first-order valence-electron chi connectivity index (χ1n) is 5.67. The summed E-state index contributed by atoms with van der Waals surface area (Å²) in [5.41, 5.74) is 5.90. The fourth-order valence-electron chi connectivity index (χ4n) is 1.62. The van der Waals surface area contributed by atoms with Gasteiger partial charge in [0, 0.05) is 12.5 Å². The maximum absolute atomic E-state index is 13.1. The predicted molar refractivity (Wildman–Crippen MR) is 64.8 cm³/mol. The molecule has 0 heterocycles. The van der Waals surface area contributed by atoms with E-state index in [0.29, 0.717) is 24.2 Å². The Bertz CT molecular complexity index is 391. The molecule has 1 unspecified atom stereocenters. The molecule has 0 fully saturated rings. The first-order chi connectivity index (χ1) is 8.04. The molecule has 1 rings (SSSR count). The molecule has 0 aromatic heterocycles. The maximum Gasteiger partial charge on any atom is 0.166 e. The van der Waals surface area contributed by atoms with Gasteiger partial charge >= 0.3 is 0 Å². The summed E-state index contributed by atoms with van der Waals surface area (Å²) in [7, 11) is 1.46. The number of rotatable bonds is 6. The second-order valence-electron chi connectivity index (χ2n) is 4.14. The molecule has 1 atom stereocenters. The van der Waals surface area contributed by atoms with Crippen LogP contribution < -0.4 is 10.5 Å². The largest absolute Gasteiger partial charge is 0.496 e. The summed E-state index contributed by atoms with van der Waals surface area (Å²) in [5, 5.41) is 0. The Morgan fingerprint density at radius 2 is 2.24 bits per heavy atom. The minimum Gasteiger partial charge on any atom is -0.496 e. The van der Waals surface area contributed by atoms with Crippen LogP contribution >= 0.6 is 0 Å². The summed E-state index contributed by atoms with van der Waals surface area (Å²) in [4.78, 5) is 11.9. The van der Waals surface area contributed by atoms with Crippen molar-refractivity contribution in [3.63, 3.8) is 0 Å². The highest BCUT2D eigenvalue weighted by molar-refractivity contribution is 5.98. The molecule has 0 bridgehead atoms. The van der Waals surface area contributed by atoms with Gasteiger partial charge in [-0.1, -0.05) is 0 Å². The van der Waals surface area contributed by atoms with Gasteiger partial charge in [0.05, 0.1) is 12.7 Å². The third-order valence-corrected chi connectivity index (χ3v) is 2.53. The molecule has 1 aromatic rings. The number of carbonyl (C=O) groups is 1. The van der Waals surface area contributed by atoms with E-state index in [0.717, 1.165) is 6.42 Å². The summed E-state index contributed by atoms with van der Waals surface area (Å²) < 4.78 is 18.1. The minimum absolute atomic E-state index is 0.0807. The summed E-state index contributed by atoms with van der Waals surface area (Å²) >= 11 is 0. The molecule has 3 nitrogen and oxygen atoms in total. The topological polar surface area (TPSA) is 52.3 Å². The van der Waals surface area contributed by atoms with E-state index in [1.165, 1.54) is 25.3 Å². The number of ether oxygens (including phenoxy) is 1. The van der Waals surface area contributed by atoms with Gasteiger partial charge in [0.25, 0.3) is 0 Å². The SMILES string of the molecule is COc1ccc(F)cc1C(=O)CCCC(C)N. The number of hydrogen-bond donors (Lipinski definition) is 1. The van der Waals surface area contributed by atoms with Crippen LogP contribution in [0, 0.1) is 5.82 Å². The van der Waals surface area contributed by atoms with E-state index in [2.05, 4.69) is 0 Å². The van der Waals surface area contributed by atoms with Crippen LogP contribution in [0.5, 0.6) is 5.75 Å². The van der Waals surface area contributed by atoms with Gasteiger partial charge in [-0.05, 0) is 38.0 Å². The average molecular weight is 239 g/mol. The van der Waals surface area contributed by atoms with Gasteiger partial charge in [-0.15, -0.1) is 0 Å². The van der Waals surface area contributed by atoms with Crippen LogP contribution in [-0.4, -0.2) is 18.9 Å². The molecule has 0 amide bonds. The van der Waals surface area contributed by atoms with E-state index in [1.54, 1.807) is 0 Å². The molecule has 0 spiro atoms. The Morgan fingerprint density at radius 1 is 1.53 bits per heavy atom. The van der Waals surface area contributed by atoms with Crippen molar-refractivity contribution in [3.8, 4) is 5.75 Å². The zero-order valence-electron chi connectivity index (χ0n) is 10.2. The lowest BCUT2D eigenvalue weighted by molar-refractivity contribution is 0.0975. The first kappa shape index (κ1) is 13.6. The van der Waals surface area contributed by atoms with Crippen molar-refractivity contribution in [2.75, 3.05) is 7.11 Å². The summed E-state index contributed by atoms with van der Waals surface area (Å²) in [6, 6.07) is 4.04. The van der Waals surface area contributed by atoms with Crippen molar-refractivity contribution < 1.29 is 13.9 Å². The van der Waals surface area contributed by atoms with Crippen LogP contribution in [0.1, 0.15) is 36.5 Å². The van der Waals surface area contributed by atoms with Crippen LogP contribution in [0.3, 0.4) is 0 Å². The highest BCUT2D eigenvalue weighted by atomic mass is 19.1. The molecule has 0 saturated heterocycles. The fourth-order valence-corrected chi connectivity index (χ4v) is 1.62. The molecule has 0 saturated carbocycles. The van der Waals surface area contributed by atoms with Crippen LogP contribution in [-0.2, 0) is 0 Å². The molecule has 17 heavy (non-hydrogen) atoms. The first-order valence-corrected chi connectivity index (χ1v) is 5.67. The summed E-state index contributed by atoms with van der Waals surface area (Å²) in [6.45, 7) is 1.90. The molecule has 4 heteroatoms. The number of hydrogen-bond acceptors (Lipinski definition) is 3. The number of carbonyl (C=O) groups excluding carboxylic acids is 1. The quantitative estimate of drug-likeness (QED) is 0.776. The molecule has 0 radical (unpaired) electrons. The van der Waals surface area contributed by atoms with E-state index in [9.17, 15) is 9.18 Å². The number of methoxy groups -OCH3 is 1. The molecule has 0 aliphatic carbocycles. The Morgan fingerprint density at radius 3 is 2.82 bits per heavy atom. The average Bonchev–Trinajstić information content (AvgIpc) is 2.28. The lowest BCUT2D eigenvalue weighted by atomic mass is 10.0. The molecular formula is C13H18FNO2. The highest BCUT2D eigenvalue weighted by Crippen LogP contribution is 2.21. The van der Waals surface area contributed by atoms with Gasteiger partial charge in [0.2, 0.25) is 0 Å². The van der Waals surface area contributed by atoms with Crippen LogP contribution in [0.4, 0.5) is 4.39 Å². The van der Waals surface area contributed by atoms with Crippen molar-refractivity contribution in [2.24, 2.45) is 5.73 Å². The monoisotopic (exact) mass is 239 g/mol. The zero-order valence-corrected chi connectivity index (χ0v) is 10.2. The minimum atomic E-state index is -0.429. The second kappa shape index (κ2) is 6.35. The molecule has 2 N–H and O–H groups in total. The van der Waals surface area contributed by atoms with Crippen molar-refractivity contribution in [2.45, 2.75) is 32.2 Å². The summed E-state index contributed by atoms with van der Waals surface area (Å²) in [6.07, 6.45) is 1.85. The standard InChI is InChI=1S/C13H18FNO2/c1-9(15)4-3-5-12(16)11-8-10(14)6-7-13(11)17-2/h6-9H,3-5,15H2,1-2H3. The maximum atomic E-state index is 13.1. The van der Waals surface area contributed by atoms with E-state index in [1.807, 2.05) is 6.92 Å². The van der Waals surface area contributed by atoms with E-state index in [4.69, 9.17) is 10.5 Å². The van der Waals surface area contributed by atoms with Crippen molar-refractivity contribution in [1.82, 2.24) is 0 Å². The Kier molecular flexibility index (Phi) is 5.10. The van der Waals surface area contributed by atoms with E-state index >= 15 is 0 Å². The van der Waals surface area contributed by atoms with Crippen LogP contribution in [0.25, 0.3) is 0 Å². The molecule has 1 aromatic carbocycles. The molecule has 94 valence electrons. The van der Waals surface area contributed by atoms with Gasteiger partial charge in [-0.25, -0.2) is 4.39 Å². The third kappa shape index (κ3) is 4.15. The van der Waals surface area contributed by atoms with Crippen molar-refractivity contribution in [3.05, 3.63) is 29.6 Å². The van der Waals surface area contributed by atoms with Gasteiger partial charge in [0.1, 0.15) is 11.6 Å². The second-order valence-corrected chi connectivity index (χ2v) is 4.14. The number of benzene rings is 1. The van der Waals surface area contributed by atoms with Gasteiger partial charge in [-0.3, -0.25) is 4.79 Å². The van der Waals surface area contributed by atoms with Crippen molar-refractivity contribution in [1.29, 1.82) is 0 Å². The third-order valence-electron chi connectivity index (χ3n) is 2.53. The number of halogens is 1. The molecule has 0 aliphatic rings. The van der Waals surface area contributed by atoms with Crippen molar-refractivity contribution >= 4 is 5.78 Å². The lowest BCUT2D eigenvalue weighted by Gasteiger charge is -2.08. The van der Waals surface area contributed by atoms with Gasteiger partial charge < -0.3 is 10.5 Å². The normalized spacial score (nSPS) is 12.2. The summed E-state index contributed by atoms with van der Waals surface area (Å²) in [5.74, 6) is -0.125. The lowest BCUT2D eigenvalue weighted by Crippen LogP contribution is -2.15. The molecule has 0 aliphatic heterocycles. The van der Waals surface area contributed by atoms with Gasteiger partial charge in [-0.2, -0.15) is 0 Å². The van der Waals surface area contributed by atoms with E-state index in [-0.39, 0.29) is 11.8 Å². The Hall–Kier alpha value is -1.42. The number of ketones is 1. The highest BCUT2D eigenvalue weighted by Gasteiger charge is 2.13. The predicted octanol–water partition coefficient (Wildman–Crippen LogP) is 2.53. The zero-order chi connectivity index (χ0) is 12.8. The number of nitrogens with two attached hydrogens (primary N) is 1. The van der Waals surface area contributed by atoms with Crippen LogP contribution in [0.2, 0.25) is 0 Å². The Balaban J connectivity index is 2.70. The number of Topliss-reactive ketones (excluding diaryl/α,β-unsaturated/α-hetero) is 1. The molecular weight excluding hydrogens is 221 g/mol. The fraction of sp³-hybridized carbons (Fsp3) is 0.462. The van der Waals surface area contributed by atoms with E-state index < -0.39 is 5.82 Å². The van der Waals surface area contributed by atoms with Crippen LogP contribution in [0.15, 0.2) is 18.2 Å².